The smallest absolute Gasteiger partial charge is 0.330 e. The highest BCUT2D eigenvalue weighted by Gasteiger charge is 2.52. The van der Waals surface area contributed by atoms with Crippen LogP contribution in [0.2, 0.25) is 0 Å². The number of ether oxygens (including phenoxy) is 3. The Kier molecular flexibility index (Phi) is 7.77. The van der Waals surface area contributed by atoms with Crippen LogP contribution in [0.5, 0.6) is 11.5 Å². The van der Waals surface area contributed by atoms with Crippen molar-refractivity contribution in [3.63, 3.8) is 0 Å². The fourth-order valence-electron chi connectivity index (χ4n) is 5.58. The predicted octanol–water partition coefficient (Wildman–Crippen LogP) is 2.47. The van der Waals surface area contributed by atoms with Crippen molar-refractivity contribution in [2.24, 2.45) is 0 Å². The molecule has 1 fully saturated rings. The number of benzene rings is 3. The summed E-state index contributed by atoms with van der Waals surface area (Å²) in [5.74, 6) is 1.26. The summed E-state index contributed by atoms with van der Waals surface area (Å²) in [5, 5.41) is 32.9. The molecule has 1 aromatic heterocycles. The minimum absolute atomic E-state index is 0.0609. The lowest BCUT2D eigenvalue weighted by molar-refractivity contribution is -0.0976. The van der Waals surface area contributed by atoms with Crippen LogP contribution < -0.4 is 20.7 Å². The lowest BCUT2D eigenvalue weighted by Gasteiger charge is -2.43. The number of hydrogen-bond donors (Lipinski definition) is 3. The fourth-order valence-corrected chi connectivity index (χ4v) is 5.58. The molecule has 1 aliphatic rings. The van der Waals surface area contributed by atoms with E-state index in [-0.39, 0.29) is 12.0 Å². The van der Waals surface area contributed by atoms with Gasteiger partial charge in [0.1, 0.15) is 41.6 Å². The molecule has 0 amide bonds. The van der Waals surface area contributed by atoms with Crippen molar-refractivity contribution < 1.29 is 24.4 Å². The van der Waals surface area contributed by atoms with E-state index in [2.05, 4.69) is 4.98 Å². The molecule has 0 saturated carbocycles. The number of methoxy groups -OCH3 is 2. The third-order valence-corrected chi connectivity index (χ3v) is 7.61. The maximum absolute atomic E-state index is 12.6. The largest absolute Gasteiger partial charge is 0.497 e. The van der Waals surface area contributed by atoms with Crippen LogP contribution in [0, 0.1) is 11.3 Å². The van der Waals surface area contributed by atoms with Crippen LogP contribution in [0.25, 0.3) is 0 Å². The molecule has 0 bridgehead atoms. The molecule has 10 heteroatoms. The normalized spacial score (nSPS) is 19.3. The standard InChI is InChI=1S/C31H29N3O7/c1-39-23-12-8-21(9-13-23)31(20-6-4-3-5-7-20,22-10-14-24(40-2)15-11-22)28(36)27-25(35)16-26(41-27)34-18-19(17-32)29(37)33-30(34)38/h3-15,18,25-28,35-36H,16H2,1-2H3,(H,33,37,38)/t25-,26+,27-,28?/m0/s1. The summed E-state index contributed by atoms with van der Waals surface area (Å²) in [6.07, 6.45) is -3.74. The maximum Gasteiger partial charge on any atom is 0.330 e. The number of hydrogen-bond acceptors (Lipinski definition) is 8. The fraction of sp³-hybridized carbons (Fsp3) is 0.258. The summed E-state index contributed by atoms with van der Waals surface area (Å²) < 4.78 is 18.0. The van der Waals surface area contributed by atoms with Gasteiger partial charge in [0.2, 0.25) is 0 Å². The minimum atomic E-state index is -1.37. The molecule has 4 aromatic rings. The van der Waals surface area contributed by atoms with Crippen LogP contribution in [0.3, 0.4) is 0 Å². The summed E-state index contributed by atoms with van der Waals surface area (Å²) in [4.78, 5) is 26.6. The van der Waals surface area contributed by atoms with Gasteiger partial charge < -0.3 is 24.4 Å². The molecule has 2 heterocycles. The van der Waals surface area contributed by atoms with E-state index in [4.69, 9.17) is 14.2 Å². The second-order valence-electron chi connectivity index (χ2n) is 9.76. The van der Waals surface area contributed by atoms with Crippen molar-refractivity contribution in [3.05, 3.63) is 128 Å². The van der Waals surface area contributed by atoms with E-state index in [9.17, 15) is 25.1 Å². The molecule has 1 unspecified atom stereocenters. The van der Waals surface area contributed by atoms with Crippen molar-refractivity contribution in [1.29, 1.82) is 5.26 Å². The maximum atomic E-state index is 12.6. The molecular weight excluding hydrogens is 526 g/mol. The molecule has 4 atom stereocenters. The summed E-state index contributed by atoms with van der Waals surface area (Å²) in [6.45, 7) is 0. The zero-order valence-electron chi connectivity index (χ0n) is 22.4. The Morgan fingerprint density at radius 2 is 1.49 bits per heavy atom. The van der Waals surface area contributed by atoms with Gasteiger partial charge in [0.25, 0.3) is 5.56 Å². The van der Waals surface area contributed by atoms with Crippen LogP contribution in [0.4, 0.5) is 0 Å². The van der Waals surface area contributed by atoms with Gasteiger partial charge in [-0.25, -0.2) is 4.79 Å². The number of aromatic nitrogens is 2. The van der Waals surface area contributed by atoms with Crippen LogP contribution in [-0.2, 0) is 10.2 Å². The van der Waals surface area contributed by atoms with Gasteiger partial charge in [0.05, 0.1) is 25.7 Å². The Morgan fingerprint density at radius 3 is 2.00 bits per heavy atom. The van der Waals surface area contributed by atoms with Gasteiger partial charge in [0, 0.05) is 12.6 Å². The van der Waals surface area contributed by atoms with E-state index < -0.39 is 41.2 Å². The van der Waals surface area contributed by atoms with E-state index in [1.807, 2.05) is 54.6 Å². The third-order valence-electron chi connectivity index (χ3n) is 7.61. The van der Waals surface area contributed by atoms with E-state index in [1.165, 1.54) is 0 Å². The first-order valence-corrected chi connectivity index (χ1v) is 12.9. The number of aliphatic hydroxyl groups is 2. The van der Waals surface area contributed by atoms with Crippen molar-refractivity contribution in [2.75, 3.05) is 14.2 Å². The molecule has 1 aliphatic heterocycles. The van der Waals surface area contributed by atoms with E-state index in [0.717, 1.165) is 16.3 Å². The van der Waals surface area contributed by atoms with E-state index in [1.54, 1.807) is 44.6 Å². The lowest BCUT2D eigenvalue weighted by Crippen LogP contribution is -2.51. The molecule has 0 spiro atoms. The van der Waals surface area contributed by atoms with Gasteiger partial charge in [-0.05, 0) is 41.0 Å². The van der Waals surface area contributed by atoms with Crippen LogP contribution in [0.1, 0.15) is 34.9 Å². The Hall–Kier alpha value is -4.69. The number of nitrogens with zero attached hydrogens (tertiary/aromatic N) is 2. The van der Waals surface area contributed by atoms with E-state index in [0.29, 0.717) is 22.6 Å². The number of aliphatic hydroxyl groups excluding tert-OH is 2. The zero-order chi connectivity index (χ0) is 29.1. The van der Waals surface area contributed by atoms with Gasteiger partial charge >= 0.3 is 5.69 Å². The molecule has 41 heavy (non-hydrogen) atoms. The Bertz CT molecular complexity index is 1610. The molecule has 0 radical (unpaired) electrons. The highest BCUT2D eigenvalue weighted by molar-refractivity contribution is 5.54. The average Bonchev–Trinajstić information content (AvgIpc) is 3.39. The Labute approximate surface area is 235 Å². The number of H-pyrrole nitrogens is 1. The van der Waals surface area contributed by atoms with Crippen molar-refractivity contribution in [2.45, 2.75) is 36.4 Å². The molecule has 10 nitrogen and oxygen atoms in total. The van der Waals surface area contributed by atoms with Crippen molar-refractivity contribution in [3.8, 4) is 17.6 Å². The number of nitrogens with one attached hydrogen (secondary N) is 1. The molecule has 1 saturated heterocycles. The lowest BCUT2D eigenvalue weighted by atomic mass is 9.64. The monoisotopic (exact) mass is 555 g/mol. The third kappa shape index (κ3) is 4.91. The number of aromatic amines is 1. The molecule has 5 rings (SSSR count). The molecule has 0 aliphatic carbocycles. The number of rotatable bonds is 8. The minimum Gasteiger partial charge on any atom is -0.497 e. The zero-order valence-corrected chi connectivity index (χ0v) is 22.4. The summed E-state index contributed by atoms with van der Waals surface area (Å²) in [6, 6.07) is 25.7. The second-order valence-corrected chi connectivity index (χ2v) is 9.76. The highest BCUT2D eigenvalue weighted by atomic mass is 16.5. The quantitative estimate of drug-likeness (QED) is 0.281. The summed E-state index contributed by atoms with van der Waals surface area (Å²) in [7, 11) is 3.13. The summed E-state index contributed by atoms with van der Waals surface area (Å²) in [5.41, 5.74) is -0.999. The Morgan fingerprint density at radius 1 is 0.951 bits per heavy atom. The summed E-state index contributed by atoms with van der Waals surface area (Å²) >= 11 is 0. The first kappa shape index (κ1) is 27.9. The van der Waals surface area contributed by atoms with Gasteiger partial charge in [-0.2, -0.15) is 5.26 Å². The average molecular weight is 556 g/mol. The van der Waals surface area contributed by atoms with Gasteiger partial charge in [-0.1, -0.05) is 54.6 Å². The van der Waals surface area contributed by atoms with Gasteiger partial charge in [-0.15, -0.1) is 0 Å². The van der Waals surface area contributed by atoms with Gasteiger partial charge in [-0.3, -0.25) is 14.3 Å². The molecule has 3 aromatic carbocycles. The van der Waals surface area contributed by atoms with Crippen molar-refractivity contribution in [1.82, 2.24) is 9.55 Å². The molecule has 3 N–H and O–H groups in total. The first-order valence-electron chi connectivity index (χ1n) is 12.9. The van der Waals surface area contributed by atoms with Crippen molar-refractivity contribution >= 4 is 0 Å². The highest BCUT2D eigenvalue weighted by Crippen LogP contribution is 2.47. The predicted molar refractivity (Wildman–Crippen MR) is 149 cm³/mol. The topological polar surface area (TPSA) is 147 Å². The van der Waals surface area contributed by atoms with Crippen LogP contribution in [-0.4, -0.2) is 52.3 Å². The van der Waals surface area contributed by atoms with Crippen LogP contribution >= 0.6 is 0 Å². The number of nitriles is 1. The van der Waals surface area contributed by atoms with E-state index >= 15 is 0 Å². The SMILES string of the molecule is COc1ccc(C(c2ccccc2)(c2ccc(OC)cc2)C(O)[C@H]2O[C@@H](n3cc(C#N)c(=O)[nH]c3=O)C[C@@H]2O)cc1. The Balaban J connectivity index is 1.68. The van der Waals surface area contributed by atoms with Crippen LogP contribution in [0.15, 0.2) is 94.6 Å². The first-order chi connectivity index (χ1) is 19.8. The molecular formula is C31H29N3O7. The van der Waals surface area contributed by atoms with Gasteiger partial charge in [0.15, 0.2) is 0 Å². The molecule has 210 valence electrons. The second kappa shape index (κ2) is 11.4.